The molecule has 1 amide bonds. The summed E-state index contributed by atoms with van der Waals surface area (Å²) in [4.78, 5) is 16.5. The number of rotatable bonds is 6. The number of benzene rings is 2. The van der Waals surface area contributed by atoms with Crippen molar-refractivity contribution in [3.63, 3.8) is 0 Å². The van der Waals surface area contributed by atoms with E-state index < -0.39 is 0 Å². The van der Waals surface area contributed by atoms with Gasteiger partial charge in [0.15, 0.2) is 0 Å². The quantitative estimate of drug-likeness (QED) is 0.714. The Labute approximate surface area is 155 Å². The number of hydrogen-bond donors (Lipinski definition) is 1. The summed E-state index contributed by atoms with van der Waals surface area (Å²) in [5.74, 6) is -0.00481. The van der Waals surface area contributed by atoms with Crippen LogP contribution in [-0.2, 0) is 16.1 Å². The number of halogens is 2. The number of methoxy groups -OCH3 is 1. The van der Waals surface area contributed by atoms with Crippen molar-refractivity contribution < 1.29 is 13.9 Å². The van der Waals surface area contributed by atoms with Gasteiger partial charge in [0, 0.05) is 17.7 Å². The number of nitrogens with one attached hydrogen (secondary N) is 1. The minimum atomic E-state index is -0.379. The van der Waals surface area contributed by atoms with E-state index in [1.165, 1.54) is 13.2 Å². The maximum Gasteiger partial charge on any atom is 0.246 e. The van der Waals surface area contributed by atoms with Crippen LogP contribution in [0.2, 0.25) is 5.02 Å². The molecule has 0 bridgehead atoms. The molecule has 1 heterocycles. The summed E-state index contributed by atoms with van der Waals surface area (Å²) in [7, 11) is 1.46. The number of fused-ring (bicyclic) bond motifs is 1. The number of para-hydroxylation sites is 2. The van der Waals surface area contributed by atoms with E-state index in [-0.39, 0.29) is 30.9 Å². The number of carbonyl (C=O) groups excluding carboxylic acids is 1. The number of hydrogen-bond acceptors (Lipinski definition) is 3. The average Bonchev–Trinajstić information content (AvgIpc) is 2.97. The Bertz CT molecular complexity index is 921. The fourth-order valence-electron chi connectivity index (χ4n) is 2.91. The smallest absolute Gasteiger partial charge is 0.246 e. The van der Waals surface area contributed by atoms with E-state index in [4.69, 9.17) is 16.3 Å². The van der Waals surface area contributed by atoms with Crippen molar-refractivity contribution in [3.8, 4) is 0 Å². The van der Waals surface area contributed by atoms with Gasteiger partial charge in [0.2, 0.25) is 5.91 Å². The van der Waals surface area contributed by atoms with E-state index in [1.54, 1.807) is 12.1 Å². The van der Waals surface area contributed by atoms with Crippen LogP contribution < -0.4 is 5.32 Å². The summed E-state index contributed by atoms with van der Waals surface area (Å²) in [5, 5.41) is 3.19. The maximum absolute atomic E-state index is 14.3. The zero-order valence-electron chi connectivity index (χ0n) is 14.5. The first kappa shape index (κ1) is 18.4. The van der Waals surface area contributed by atoms with E-state index in [0.29, 0.717) is 16.4 Å². The van der Waals surface area contributed by atoms with Gasteiger partial charge < -0.3 is 14.6 Å². The second-order valence-electron chi connectivity index (χ2n) is 5.97. The molecule has 0 aliphatic heterocycles. The van der Waals surface area contributed by atoms with Crippen molar-refractivity contribution in [2.75, 3.05) is 13.7 Å². The van der Waals surface area contributed by atoms with E-state index in [9.17, 15) is 9.18 Å². The van der Waals surface area contributed by atoms with E-state index in [0.717, 1.165) is 11.0 Å². The molecule has 0 fully saturated rings. The topological polar surface area (TPSA) is 56.1 Å². The van der Waals surface area contributed by atoms with Crippen LogP contribution in [0.25, 0.3) is 11.0 Å². The zero-order valence-corrected chi connectivity index (χ0v) is 15.3. The monoisotopic (exact) mass is 375 g/mol. The lowest BCUT2D eigenvalue weighted by atomic mass is 10.2. The second-order valence-corrected chi connectivity index (χ2v) is 6.37. The zero-order chi connectivity index (χ0) is 18.7. The molecule has 2 aromatic carbocycles. The number of carbonyl (C=O) groups is 1. The van der Waals surface area contributed by atoms with Gasteiger partial charge in [-0.15, -0.1) is 0 Å². The Morgan fingerprint density at radius 2 is 2.08 bits per heavy atom. The normalized spacial score (nSPS) is 12.3. The van der Waals surface area contributed by atoms with Crippen LogP contribution in [0, 0.1) is 5.82 Å². The molecular formula is C19H19ClFN3O2. The molecule has 7 heteroatoms. The van der Waals surface area contributed by atoms with Crippen molar-refractivity contribution in [1.29, 1.82) is 0 Å². The first-order valence-electron chi connectivity index (χ1n) is 8.17. The minimum Gasteiger partial charge on any atom is -0.375 e. The van der Waals surface area contributed by atoms with E-state index in [2.05, 4.69) is 10.3 Å². The fourth-order valence-corrected chi connectivity index (χ4v) is 3.13. The highest BCUT2D eigenvalue weighted by atomic mass is 35.5. The van der Waals surface area contributed by atoms with Crippen LogP contribution in [0.15, 0.2) is 42.5 Å². The summed E-state index contributed by atoms with van der Waals surface area (Å²) in [6.45, 7) is 2.00. The largest absolute Gasteiger partial charge is 0.375 e. The van der Waals surface area contributed by atoms with Gasteiger partial charge in [-0.1, -0.05) is 29.8 Å². The van der Waals surface area contributed by atoms with Crippen molar-refractivity contribution >= 4 is 28.5 Å². The molecule has 1 aromatic heterocycles. The van der Waals surface area contributed by atoms with Crippen LogP contribution in [0.5, 0.6) is 0 Å². The molecule has 26 heavy (non-hydrogen) atoms. The number of aromatic nitrogens is 2. The lowest BCUT2D eigenvalue weighted by Crippen LogP contribution is -2.31. The highest BCUT2D eigenvalue weighted by molar-refractivity contribution is 6.31. The lowest BCUT2D eigenvalue weighted by molar-refractivity contribution is -0.125. The maximum atomic E-state index is 14.3. The van der Waals surface area contributed by atoms with Gasteiger partial charge in [-0.05, 0) is 31.2 Å². The predicted molar refractivity (Wildman–Crippen MR) is 98.7 cm³/mol. The summed E-state index contributed by atoms with van der Waals surface area (Å²) >= 11 is 6.20. The van der Waals surface area contributed by atoms with Crippen LogP contribution in [0.3, 0.4) is 0 Å². The van der Waals surface area contributed by atoms with Crippen molar-refractivity contribution in [2.24, 2.45) is 0 Å². The summed E-state index contributed by atoms with van der Waals surface area (Å²) in [6, 6.07) is 11.8. The van der Waals surface area contributed by atoms with E-state index in [1.807, 2.05) is 35.8 Å². The van der Waals surface area contributed by atoms with Gasteiger partial charge in [-0.3, -0.25) is 4.79 Å². The third-order valence-electron chi connectivity index (χ3n) is 4.10. The second kappa shape index (κ2) is 7.85. The molecule has 3 rings (SSSR count). The molecule has 0 aliphatic rings. The fraction of sp³-hybridized carbons (Fsp3) is 0.263. The van der Waals surface area contributed by atoms with Crippen LogP contribution >= 0.6 is 11.6 Å². The van der Waals surface area contributed by atoms with Gasteiger partial charge >= 0.3 is 0 Å². The Balaban J connectivity index is 2.04. The predicted octanol–water partition coefficient (Wildman–Crippen LogP) is 3.70. The van der Waals surface area contributed by atoms with E-state index >= 15 is 0 Å². The van der Waals surface area contributed by atoms with Crippen LogP contribution in [-0.4, -0.2) is 29.2 Å². The Morgan fingerprint density at radius 3 is 2.81 bits per heavy atom. The molecule has 1 atom stereocenters. The molecular weight excluding hydrogens is 357 g/mol. The highest BCUT2D eigenvalue weighted by Gasteiger charge is 2.20. The SMILES string of the molecule is COCC(=O)N[C@@H](C)c1nc2ccccc2n1Cc1c(F)cccc1Cl. The molecule has 0 radical (unpaired) electrons. The number of amides is 1. The van der Waals surface area contributed by atoms with Crippen molar-refractivity contribution in [3.05, 3.63) is 64.7 Å². The van der Waals surface area contributed by atoms with Crippen molar-refractivity contribution in [2.45, 2.75) is 19.5 Å². The van der Waals surface area contributed by atoms with Crippen molar-refractivity contribution in [1.82, 2.24) is 14.9 Å². The first-order chi connectivity index (χ1) is 12.5. The van der Waals surface area contributed by atoms with Gasteiger partial charge in [0.05, 0.1) is 23.6 Å². The van der Waals surface area contributed by atoms with Gasteiger partial charge in [-0.25, -0.2) is 9.37 Å². The third-order valence-corrected chi connectivity index (χ3v) is 4.46. The Hall–Kier alpha value is -2.44. The van der Waals surface area contributed by atoms with Gasteiger partial charge in [0.25, 0.3) is 0 Å². The molecule has 3 aromatic rings. The first-order valence-corrected chi connectivity index (χ1v) is 8.55. The minimum absolute atomic E-state index is 0.0380. The van der Waals surface area contributed by atoms with Gasteiger partial charge in [0.1, 0.15) is 18.2 Å². The molecule has 1 N–H and O–H groups in total. The summed E-state index contributed by atoms with van der Waals surface area (Å²) < 4.78 is 21.0. The molecule has 136 valence electrons. The van der Waals surface area contributed by atoms with Crippen LogP contribution in [0.4, 0.5) is 4.39 Å². The number of ether oxygens (including phenoxy) is 1. The molecule has 0 saturated heterocycles. The molecule has 0 spiro atoms. The Morgan fingerprint density at radius 1 is 1.31 bits per heavy atom. The standard InChI is InChI=1S/C19H19ClFN3O2/c1-12(22-18(25)11-26-2)19-23-16-8-3-4-9-17(16)24(19)10-13-14(20)6-5-7-15(13)21/h3-9,12H,10-11H2,1-2H3,(H,22,25)/t12-/m0/s1. The highest BCUT2D eigenvalue weighted by Crippen LogP contribution is 2.26. The average molecular weight is 376 g/mol. The number of imidazole rings is 1. The molecule has 0 aliphatic carbocycles. The lowest BCUT2D eigenvalue weighted by Gasteiger charge is -2.17. The molecule has 5 nitrogen and oxygen atoms in total. The Kier molecular flexibility index (Phi) is 5.54. The van der Waals surface area contributed by atoms with Gasteiger partial charge in [-0.2, -0.15) is 0 Å². The molecule has 0 saturated carbocycles. The summed E-state index contributed by atoms with van der Waals surface area (Å²) in [6.07, 6.45) is 0. The summed E-state index contributed by atoms with van der Waals surface area (Å²) in [5.41, 5.74) is 1.99. The van der Waals surface area contributed by atoms with Crippen LogP contribution in [0.1, 0.15) is 24.4 Å². The number of nitrogens with zero attached hydrogens (tertiary/aromatic N) is 2. The third kappa shape index (κ3) is 3.71. The molecule has 0 unspecified atom stereocenters.